The van der Waals surface area contributed by atoms with Crippen LogP contribution in [-0.4, -0.2) is 81.9 Å². The summed E-state index contributed by atoms with van der Waals surface area (Å²) in [6.07, 6.45) is 0. The third kappa shape index (κ3) is 3.88. The van der Waals surface area contributed by atoms with Crippen molar-refractivity contribution in [3.05, 3.63) is 24.3 Å². The SMILES string of the molecule is COc1ccc(S(=O)(=O)N2CCN([C@H](C)C(=O)N(C)C)CC2)cc1. The van der Waals surface area contributed by atoms with Crippen molar-refractivity contribution in [2.75, 3.05) is 47.4 Å². The molecule has 134 valence electrons. The number of benzene rings is 1. The van der Waals surface area contributed by atoms with Crippen LogP contribution in [0.3, 0.4) is 0 Å². The van der Waals surface area contributed by atoms with Gasteiger partial charge in [0.25, 0.3) is 0 Å². The Morgan fingerprint density at radius 2 is 1.67 bits per heavy atom. The molecule has 1 aromatic carbocycles. The number of amides is 1. The van der Waals surface area contributed by atoms with Gasteiger partial charge in [-0.2, -0.15) is 4.31 Å². The predicted octanol–water partition coefficient (Wildman–Crippen LogP) is 0.478. The van der Waals surface area contributed by atoms with Crippen LogP contribution >= 0.6 is 0 Å². The summed E-state index contributed by atoms with van der Waals surface area (Å²) in [5.74, 6) is 0.649. The van der Waals surface area contributed by atoms with Crippen LogP contribution in [-0.2, 0) is 14.8 Å². The first kappa shape index (κ1) is 18.7. The van der Waals surface area contributed by atoms with Crippen molar-refractivity contribution in [3.8, 4) is 5.75 Å². The standard InChI is InChI=1S/C16H25N3O4S/c1-13(16(20)17(2)3)18-9-11-19(12-10-18)24(21,22)15-7-5-14(23-4)6-8-15/h5-8,13H,9-12H2,1-4H3/t13-/m1/s1. The average molecular weight is 355 g/mol. The lowest BCUT2D eigenvalue weighted by atomic mass is 10.2. The van der Waals surface area contributed by atoms with Crippen LogP contribution in [0.4, 0.5) is 0 Å². The van der Waals surface area contributed by atoms with Gasteiger partial charge in [-0.3, -0.25) is 9.69 Å². The minimum absolute atomic E-state index is 0.0291. The zero-order valence-electron chi connectivity index (χ0n) is 14.6. The Bertz CT molecular complexity index is 665. The van der Waals surface area contributed by atoms with E-state index in [0.29, 0.717) is 31.9 Å². The lowest BCUT2D eigenvalue weighted by molar-refractivity contribution is -0.134. The summed E-state index contributed by atoms with van der Waals surface area (Å²) in [6, 6.07) is 6.14. The Labute approximate surface area is 143 Å². The van der Waals surface area contributed by atoms with Gasteiger partial charge in [0, 0.05) is 40.3 Å². The van der Waals surface area contributed by atoms with E-state index >= 15 is 0 Å². The lowest BCUT2D eigenvalue weighted by Crippen LogP contribution is -2.54. The van der Waals surface area contributed by atoms with Crippen LogP contribution in [0.2, 0.25) is 0 Å². The fraction of sp³-hybridized carbons (Fsp3) is 0.562. The molecule has 7 nitrogen and oxygen atoms in total. The molecule has 0 unspecified atom stereocenters. The highest BCUT2D eigenvalue weighted by molar-refractivity contribution is 7.89. The summed E-state index contributed by atoms with van der Waals surface area (Å²) < 4.78 is 31.9. The van der Waals surface area contributed by atoms with Crippen LogP contribution in [0, 0.1) is 0 Å². The monoisotopic (exact) mass is 355 g/mol. The largest absolute Gasteiger partial charge is 0.497 e. The second kappa shape index (κ2) is 7.50. The Morgan fingerprint density at radius 1 is 1.12 bits per heavy atom. The molecule has 1 aliphatic rings. The van der Waals surface area contributed by atoms with E-state index in [-0.39, 0.29) is 16.8 Å². The molecule has 0 spiro atoms. The molecular weight excluding hydrogens is 330 g/mol. The molecule has 1 aliphatic heterocycles. The van der Waals surface area contributed by atoms with E-state index in [1.165, 1.54) is 4.31 Å². The van der Waals surface area contributed by atoms with Crippen molar-refractivity contribution in [1.29, 1.82) is 0 Å². The van der Waals surface area contributed by atoms with Gasteiger partial charge >= 0.3 is 0 Å². The fourth-order valence-electron chi connectivity index (χ4n) is 2.76. The maximum Gasteiger partial charge on any atom is 0.243 e. The van der Waals surface area contributed by atoms with Crippen LogP contribution < -0.4 is 4.74 Å². The molecule has 1 aromatic rings. The second-order valence-corrected chi connectivity index (χ2v) is 7.96. The smallest absolute Gasteiger partial charge is 0.243 e. The van der Waals surface area contributed by atoms with Crippen molar-refractivity contribution in [3.63, 3.8) is 0 Å². The molecule has 8 heteroatoms. The van der Waals surface area contributed by atoms with E-state index in [9.17, 15) is 13.2 Å². The normalized spacial score (nSPS) is 18.2. The van der Waals surface area contributed by atoms with Gasteiger partial charge in [0.15, 0.2) is 0 Å². The quantitative estimate of drug-likeness (QED) is 0.768. The van der Waals surface area contributed by atoms with Gasteiger partial charge < -0.3 is 9.64 Å². The van der Waals surface area contributed by atoms with E-state index in [4.69, 9.17) is 4.74 Å². The molecule has 24 heavy (non-hydrogen) atoms. The number of carbonyl (C=O) groups is 1. The van der Waals surface area contributed by atoms with Crippen LogP contribution in [0.15, 0.2) is 29.2 Å². The van der Waals surface area contributed by atoms with Crippen molar-refractivity contribution in [1.82, 2.24) is 14.1 Å². The molecule has 0 bridgehead atoms. The van der Waals surface area contributed by atoms with E-state index in [0.717, 1.165) is 0 Å². The molecule has 1 heterocycles. The third-order valence-electron chi connectivity index (χ3n) is 4.32. The van der Waals surface area contributed by atoms with E-state index in [1.807, 2.05) is 11.8 Å². The first-order chi connectivity index (χ1) is 11.3. The van der Waals surface area contributed by atoms with E-state index in [2.05, 4.69) is 0 Å². The molecular formula is C16H25N3O4S. The summed E-state index contributed by atoms with van der Waals surface area (Å²) in [5.41, 5.74) is 0. The number of carbonyl (C=O) groups excluding carboxylic acids is 1. The average Bonchev–Trinajstić information content (AvgIpc) is 2.60. The summed E-state index contributed by atoms with van der Waals surface area (Å²) in [5, 5.41) is 0. The highest BCUT2D eigenvalue weighted by Gasteiger charge is 2.32. The number of rotatable bonds is 5. The van der Waals surface area contributed by atoms with E-state index < -0.39 is 10.0 Å². The Balaban J connectivity index is 2.03. The molecule has 2 rings (SSSR count). The summed E-state index contributed by atoms with van der Waals surface area (Å²) in [7, 11) is 1.47. The summed E-state index contributed by atoms with van der Waals surface area (Å²) in [6.45, 7) is 3.68. The predicted molar refractivity (Wildman–Crippen MR) is 91.5 cm³/mol. The molecule has 0 radical (unpaired) electrons. The number of likely N-dealkylation sites (N-methyl/N-ethyl adjacent to an activating group) is 1. The lowest BCUT2D eigenvalue weighted by Gasteiger charge is -2.37. The van der Waals surface area contributed by atoms with Crippen LogP contribution in [0.5, 0.6) is 5.75 Å². The van der Waals surface area contributed by atoms with Gasteiger partial charge in [-0.05, 0) is 31.2 Å². The number of ether oxygens (including phenoxy) is 1. The first-order valence-corrected chi connectivity index (χ1v) is 9.31. The zero-order valence-corrected chi connectivity index (χ0v) is 15.4. The number of piperazine rings is 1. The number of hydrogen-bond donors (Lipinski definition) is 0. The fourth-order valence-corrected chi connectivity index (χ4v) is 4.18. The highest BCUT2D eigenvalue weighted by Crippen LogP contribution is 2.21. The van der Waals surface area contributed by atoms with Crippen LogP contribution in [0.25, 0.3) is 0 Å². The minimum atomic E-state index is -3.52. The second-order valence-electron chi connectivity index (χ2n) is 6.02. The first-order valence-electron chi connectivity index (χ1n) is 7.87. The molecule has 1 fully saturated rings. The van der Waals surface area contributed by atoms with Gasteiger partial charge in [-0.15, -0.1) is 0 Å². The van der Waals surface area contributed by atoms with Gasteiger partial charge in [0.05, 0.1) is 18.0 Å². The molecule has 0 aliphatic carbocycles. The number of sulfonamides is 1. The highest BCUT2D eigenvalue weighted by atomic mass is 32.2. The molecule has 1 atom stereocenters. The van der Waals surface area contributed by atoms with Gasteiger partial charge in [0.1, 0.15) is 5.75 Å². The van der Waals surface area contributed by atoms with Crippen LogP contribution in [0.1, 0.15) is 6.92 Å². The third-order valence-corrected chi connectivity index (χ3v) is 6.23. The molecule has 1 amide bonds. The summed E-state index contributed by atoms with van der Waals surface area (Å²) in [4.78, 5) is 15.9. The van der Waals surface area contributed by atoms with Gasteiger partial charge in [-0.1, -0.05) is 0 Å². The van der Waals surface area contributed by atoms with Crippen molar-refractivity contribution < 1.29 is 17.9 Å². The maximum absolute atomic E-state index is 12.7. The minimum Gasteiger partial charge on any atom is -0.497 e. The number of methoxy groups -OCH3 is 1. The summed E-state index contributed by atoms with van der Waals surface area (Å²) >= 11 is 0. The van der Waals surface area contributed by atoms with Gasteiger partial charge in [-0.25, -0.2) is 8.42 Å². The maximum atomic E-state index is 12.7. The Hall–Kier alpha value is -1.64. The Kier molecular flexibility index (Phi) is 5.84. The van der Waals surface area contributed by atoms with Crippen molar-refractivity contribution >= 4 is 15.9 Å². The number of nitrogens with zero attached hydrogens (tertiary/aromatic N) is 3. The zero-order chi connectivity index (χ0) is 17.9. The topological polar surface area (TPSA) is 70.2 Å². The molecule has 1 saturated heterocycles. The van der Waals surface area contributed by atoms with Crippen molar-refractivity contribution in [2.24, 2.45) is 0 Å². The van der Waals surface area contributed by atoms with Gasteiger partial charge in [0.2, 0.25) is 15.9 Å². The van der Waals surface area contributed by atoms with Crippen molar-refractivity contribution in [2.45, 2.75) is 17.9 Å². The molecule has 0 saturated carbocycles. The Morgan fingerprint density at radius 3 is 2.12 bits per heavy atom. The van der Waals surface area contributed by atoms with E-state index in [1.54, 1.807) is 50.4 Å². The number of hydrogen-bond acceptors (Lipinski definition) is 5. The molecule has 0 aromatic heterocycles. The molecule has 0 N–H and O–H groups in total.